The normalized spacial score (nSPS) is 14.7. The minimum Gasteiger partial charge on any atom is -0.361 e. The third kappa shape index (κ3) is 3.49. The second-order valence-electron chi connectivity index (χ2n) is 6.88. The van der Waals surface area contributed by atoms with Gasteiger partial charge >= 0.3 is 0 Å². The molecule has 0 N–H and O–H groups in total. The summed E-state index contributed by atoms with van der Waals surface area (Å²) >= 11 is 0. The van der Waals surface area contributed by atoms with Crippen molar-refractivity contribution in [3.05, 3.63) is 47.6 Å². The molecule has 7 nitrogen and oxygen atoms in total. The molecular weight excluding hydrogens is 342 g/mol. The summed E-state index contributed by atoms with van der Waals surface area (Å²) < 4.78 is 5.18. The Morgan fingerprint density at radius 2 is 1.89 bits per heavy atom. The van der Waals surface area contributed by atoms with E-state index >= 15 is 0 Å². The van der Waals surface area contributed by atoms with Crippen LogP contribution in [0.2, 0.25) is 0 Å². The van der Waals surface area contributed by atoms with Gasteiger partial charge in [0, 0.05) is 43.5 Å². The molecule has 0 atom stereocenters. The van der Waals surface area contributed by atoms with E-state index in [1.807, 2.05) is 43.0 Å². The minimum absolute atomic E-state index is 0.183. The number of carbonyl (C=O) groups is 1. The van der Waals surface area contributed by atoms with Gasteiger partial charge in [0.15, 0.2) is 0 Å². The number of hydrogen-bond acceptors (Lipinski definition) is 6. The molecule has 1 saturated heterocycles. The Morgan fingerprint density at radius 3 is 2.63 bits per heavy atom. The summed E-state index contributed by atoms with van der Waals surface area (Å²) in [6, 6.07) is 8.03. The molecule has 7 heteroatoms. The lowest BCUT2D eigenvalue weighted by molar-refractivity contribution is -0.131. The van der Waals surface area contributed by atoms with Crippen molar-refractivity contribution in [3.8, 4) is 0 Å². The number of rotatable bonds is 4. The fraction of sp³-hybridized carbons (Fsp3) is 0.400. The van der Waals surface area contributed by atoms with Crippen LogP contribution in [0, 0.1) is 13.8 Å². The molecule has 2 aromatic heterocycles. The van der Waals surface area contributed by atoms with Crippen molar-refractivity contribution >= 4 is 22.6 Å². The van der Waals surface area contributed by atoms with E-state index < -0.39 is 0 Å². The van der Waals surface area contributed by atoms with E-state index in [-0.39, 0.29) is 5.91 Å². The smallest absolute Gasteiger partial charge is 0.223 e. The van der Waals surface area contributed by atoms with Gasteiger partial charge < -0.3 is 14.3 Å². The summed E-state index contributed by atoms with van der Waals surface area (Å²) in [5, 5.41) is 5.01. The number of hydrogen-bond donors (Lipinski definition) is 0. The Balaban J connectivity index is 1.38. The second kappa shape index (κ2) is 7.34. The fourth-order valence-corrected chi connectivity index (χ4v) is 3.66. The lowest BCUT2D eigenvalue weighted by Gasteiger charge is -2.35. The molecule has 1 amide bonds. The molecule has 0 spiro atoms. The van der Waals surface area contributed by atoms with Gasteiger partial charge in [0.2, 0.25) is 5.91 Å². The maximum atomic E-state index is 12.6. The second-order valence-corrected chi connectivity index (χ2v) is 6.88. The van der Waals surface area contributed by atoms with Crippen LogP contribution in [0.25, 0.3) is 10.9 Å². The monoisotopic (exact) mass is 365 g/mol. The molecule has 27 heavy (non-hydrogen) atoms. The number of aryl methyl sites for hydroxylation is 2. The third-order valence-electron chi connectivity index (χ3n) is 5.22. The van der Waals surface area contributed by atoms with Gasteiger partial charge in [-0.05, 0) is 32.4 Å². The van der Waals surface area contributed by atoms with Crippen LogP contribution in [0.3, 0.4) is 0 Å². The van der Waals surface area contributed by atoms with Gasteiger partial charge in [-0.3, -0.25) is 4.79 Å². The van der Waals surface area contributed by atoms with Gasteiger partial charge in [-0.15, -0.1) is 0 Å². The van der Waals surface area contributed by atoms with Crippen LogP contribution in [0.1, 0.15) is 23.4 Å². The molecule has 1 fully saturated rings. The summed E-state index contributed by atoms with van der Waals surface area (Å²) in [5.41, 5.74) is 2.87. The first-order chi connectivity index (χ1) is 13.1. The van der Waals surface area contributed by atoms with E-state index in [1.54, 1.807) is 6.33 Å². The van der Waals surface area contributed by atoms with E-state index in [4.69, 9.17) is 4.52 Å². The van der Waals surface area contributed by atoms with E-state index in [1.165, 1.54) is 0 Å². The Labute approximate surface area is 158 Å². The van der Waals surface area contributed by atoms with Crippen LogP contribution in [-0.4, -0.2) is 52.1 Å². The summed E-state index contributed by atoms with van der Waals surface area (Å²) in [5.74, 6) is 1.94. The van der Waals surface area contributed by atoms with Crippen molar-refractivity contribution in [2.45, 2.75) is 26.7 Å². The molecule has 0 aliphatic carbocycles. The quantitative estimate of drug-likeness (QED) is 0.707. The lowest BCUT2D eigenvalue weighted by Crippen LogP contribution is -2.49. The van der Waals surface area contributed by atoms with Crippen LogP contribution < -0.4 is 4.90 Å². The number of piperazine rings is 1. The van der Waals surface area contributed by atoms with Crippen LogP contribution in [0.5, 0.6) is 0 Å². The number of anilines is 1. The topological polar surface area (TPSA) is 75.4 Å². The SMILES string of the molecule is Cc1noc(C)c1CCC(=O)N1CCN(c2ncnc3ccccc23)CC1. The Morgan fingerprint density at radius 1 is 1.11 bits per heavy atom. The van der Waals surface area contributed by atoms with Gasteiger partial charge in [0.1, 0.15) is 17.9 Å². The van der Waals surface area contributed by atoms with Crippen LogP contribution in [0.4, 0.5) is 5.82 Å². The lowest BCUT2D eigenvalue weighted by atomic mass is 10.1. The van der Waals surface area contributed by atoms with Crippen molar-refractivity contribution in [1.29, 1.82) is 0 Å². The van der Waals surface area contributed by atoms with Crippen molar-refractivity contribution in [3.63, 3.8) is 0 Å². The zero-order valence-electron chi connectivity index (χ0n) is 15.7. The predicted octanol–water partition coefficient (Wildman–Crippen LogP) is 2.52. The van der Waals surface area contributed by atoms with Crippen molar-refractivity contribution in [2.75, 3.05) is 31.1 Å². The van der Waals surface area contributed by atoms with Gasteiger partial charge in [0.05, 0.1) is 11.2 Å². The molecule has 0 unspecified atom stereocenters. The van der Waals surface area contributed by atoms with Crippen LogP contribution in [-0.2, 0) is 11.2 Å². The highest BCUT2D eigenvalue weighted by Crippen LogP contribution is 2.24. The highest BCUT2D eigenvalue weighted by molar-refractivity contribution is 5.89. The number of carbonyl (C=O) groups excluding carboxylic acids is 1. The molecule has 0 saturated carbocycles. The Kier molecular flexibility index (Phi) is 4.75. The highest BCUT2D eigenvalue weighted by atomic mass is 16.5. The zero-order valence-corrected chi connectivity index (χ0v) is 15.7. The van der Waals surface area contributed by atoms with Crippen LogP contribution >= 0.6 is 0 Å². The van der Waals surface area contributed by atoms with Crippen LogP contribution in [0.15, 0.2) is 35.1 Å². The maximum absolute atomic E-state index is 12.6. The summed E-state index contributed by atoms with van der Waals surface area (Å²) in [7, 11) is 0. The highest BCUT2D eigenvalue weighted by Gasteiger charge is 2.23. The largest absolute Gasteiger partial charge is 0.361 e. The zero-order chi connectivity index (χ0) is 18.8. The number of benzene rings is 1. The van der Waals surface area contributed by atoms with E-state index in [9.17, 15) is 4.79 Å². The summed E-state index contributed by atoms with van der Waals surface area (Å²) in [4.78, 5) is 25.6. The molecular formula is C20H23N5O2. The van der Waals surface area contributed by atoms with Gasteiger partial charge in [-0.2, -0.15) is 0 Å². The molecule has 3 heterocycles. The number of para-hydroxylation sites is 1. The number of nitrogens with zero attached hydrogens (tertiary/aromatic N) is 5. The number of fused-ring (bicyclic) bond motifs is 1. The minimum atomic E-state index is 0.183. The molecule has 0 bridgehead atoms. The maximum Gasteiger partial charge on any atom is 0.223 e. The van der Waals surface area contributed by atoms with E-state index in [0.717, 1.165) is 46.8 Å². The molecule has 1 aromatic carbocycles. The third-order valence-corrected chi connectivity index (χ3v) is 5.22. The summed E-state index contributed by atoms with van der Waals surface area (Å²) in [6.07, 6.45) is 2.77. The molecule has 1 aliphatic rings. The van der Waals surface area contributed by atoms with Crippen molar-refractivity contribution < 1.29 is 9.32 Å². The standard InChI is InChI=1S/C20H23N5O2/c1-14-16(15(2)27-23-14)7-8-19(26)24-9-11-25(12-10-24)20-17-5-3-4-6-18(17)21-13-22-20/h3-6,13H,7-12H2,1-2H3. The first kappa shape index (κ1) is 17.5. The molecule has 1 aliphatic heterocycles. The first-order valence-electron chi connectivity index (χ1n) is 9.27. The number of amides is 1. The van der Waals surface area contributed by atoms with E-state index in [0.29, 0.717) is 25.9 Å². The van der Waals surface area contributed by atoms with Crippen molar-refractivity contribution in [1.82, 2.24) is 20.0 Å². The predicted molar refractivity (Wildman–Crippen MR) is 103 cm³/mol. The first-order valence-corrected chi connectivity index (χ1v) is 9.27. The molecule has 3 aromatic rings. The van der Waals surface area contributed by atoms with Gasteiger partial charge in [-0.1, -0.05) is 17.3 Å². The van der Waals surface area contributed by atoms with Crippen molar-refractivity contribution in [2.24, 2.45) is 0 Å². The summed E-state index contributed by atoms with van der Waals surface area (Å²) in [6.45, 7) is 6.78. The average molecular weight is 365 g/mol. The average Bonchev–Trinajstić information content (AvgIpc) is 3.03. The van der Waals surface area contributed by atoms with Gasteiger partial charge in [0.25, 0.3) is 0 Å². The molecule has 0 radical (unpaired) electrons. The van der Waals surface area contributed by atoms with Gasteiger partial charge in [-0.25, -0.2) is 9.97 Å². The Hall–Kier alpha value is -2.96. The number of aromatic nitrogens is 3. The Bertz CT molecular complexity index is 935. The molecule has 4 rings (SSSR count). The fourth-order valence-electron chi connectivity index (χ4n) is 3.66. The molecule has 140 valence electrons. The van der Waals surface area contributed by atoms with E-state index in [2.05, 4.69) is 20.0 Å².